The van der Waals surface area contributed by atoms with E-state index in [9.17, 15) is 14.8 Å². The zero-order chi connectivity index (χ0) is 20.8. The van der Waals surface area contributed by atoms with Crippen molar-refractivity contribution in [2.45, 2.75) is 19.3 Å². The number of carbonyl (C=O) groups is 2. The lowest BCUT2D eigenvalue weighted by Crippen LogP contribution is -2.39. The second kappa shape index (κ2) is 9.29. The molecule has 8 nitrogen and oxygen atoms in total. The molecule has 2 atom stereocenters. The number of hydroxylamine groups is 2. The van der Waals surface area contributed by atoms with Crippen LogP contribution in [0.15, 0.2) is 48.5 Å². The van der Waals surface area contributed by atoms with Crippen LogP contribution in [0.5, 0.6) is 17.2 Å². The third-order valence-corrected chi connectivity index (χ3v) is 4.66. The SMILES string of the molecule is CCOc1ccc(Oc2cccc(C3CC3C(=O)NCCN(O)C(N)=O)c2)cc1. The van der Waals surface area contributed by atoms with Crippen molar-refractivity contribution >= 4 is 11.9 Å². The van der Waals surface area contributed by atoms with E-state index in [4.69, 9.17) is 15.2 Å². The number of hydrogen-bond acceptors (Lipinski definition) is 5. The molecule has 3 amide bonds. The lowest BCUT2D eigenvalue weighted by molar-refractivity contribution is -0.122. The molecule has 1 aliphatic carbocycles. The topological polar surface area (TPSA) is 114 Å². The van der Waals surface area contributed by atoms with Crippen LogP contribution < -0.4 is 20.5 Å². The molecule has 0 spiro atoms. The van der Waals surface area contributed by atoms with Gasteiger partial charge in [0.05, 0.1) is 13.2 Å². The Morgan fingerprint density at radius 1 is 1.17 bits per heavy atom. The Morgan fingerprint density at radius 2 is 1.90 bits per heavy atom. The van der Waals surface area contributed by atoms with Crippen molar-refractivity contribution in [2.75, 3.05) is 19.7 Å². The van der Waals surface area contributed by atoms with Crippen LogP contribution in [0, 0.1) is 5.92 Å². The van der Waals surface area contributed by atoms with Gasteiger partial charge in [0.25, 0.3) is 0 Å². The molecule has 1 aliphatic rings. The van der Waals surface area contributed by atoms with Gasteiger partial charge in [0, 0.05) is 12.5 Å². The first-order valence-electron chi connectivity index (χ1n) is 9.52. The molecule has 0 saturated heterocycles. The molecule has 8 heteroatoms. The first-order valence-corrected chi connectivity index (χ1v) is 9.52. The molecular formula is C21H25N3O5. The highest BCUT2D eigenvalue weighted by Gasteiger charge is 2.43. The fraction of sp³-hybridized carbons (Fsp3) is 0.333. The molecule has 4 N–H and O–H groups in total. The molecular weight excluding hydrogens is 374 g/mol. The summed E-state index contributed by atoms with van der Waals surface area (Å²) in [5.74, 6) is 2.09. The van der Waals surface area contributed by atoms with Gasteiger partial charge in [-0.2, -0.15) is 0 Å². The number of urea groups is 1. The van der Waals surface area contributed by atoms with Crippen molar-refractivity contribution in [1.29, 1.82) is 0 Å². The van der Waals surface area contributed by atoms with E-state index < -0.39 is 6.03 Å². The van der Waals surface area contributed by atoms with E-state index in [-0.39, 0.29) is 30.8 Å². The van der Waals surface area contributed by atoms with Gasteiger partial charge in [-0.1, -0.05) is 12.1 Å². The first-order chi connectivity index (χ1) is 14.0. The van der Waals surface area contributed by atoms with Gasteiger partial charge in [0.2, 0.25) is 5.91 Å². The van der Waals surface area contributed by atoms with Crippen LogP contribution in [0.2, 0.25) is 0 Å². The number of carbonyl (C=O) groups excluding carboxylic acids is 2. The number of hydrogen-bond donors (Lipinski definition) is 3. The standard InChI is InChI=1S/C21H25N3O5/c1-2-28-15-6-8-16(9-7-15)29-17-5-3-4-14(12-17)18-13-19(18)20(25)23-10-11-24(27)21(22)26/h3-9,12,18-19,27H,2,10-11,13H2,1H3,(H2,22,26)(H,23,25). The smallest absolute Gasteiger partial charge is 0.338 e. The average Bonchev–Trinajstić information content (AvgIpc) is 3.51. The lowest BCUT2D eigenvalue weighted by atomic mass is 10.1. The van der Waals surface area contributed by atoms with Gasteiger partial charge in [-0.3, -0.25) is 10.0 Å². The van der Waals surface area contributed by atoms with E-state index in [0.717, 1.165) is 17.7 Å². The lowest BCUT2D eigenvalue weighted by Gasteiger charge is -2.12. The zero-order valence-electron chi connectivity index (χ0n) is 16.2. The summed E-state index contributed by atoms with van der Waals surface area (Å²) in [6.45, 7) is 2.64. The summed E-state index contributed by atoms with van der Waals surface area (Å²) >= 11 is 0. The van der Waals surface area contributed by atoms with Crippen LogP contribution in [-0.2, 0) is 4.79 Å². The van der Waals surface area contributed by atoms with Crippen LogP contribution in [0.4, 0.5) is 4.79 Å². The predicted molar refractivity (Wildman–Crippen MR) is 106 cm³/mol. The monoisotopic (exact) mass is 399 g/mol. The van der Waals surface area contributed by atoms with Crippen LogP contribution in [0.1, 0.15) is 24.8 Å². The quantitative estimate of drug-likeness (QED) is 0.443. The minimum Gasteiger partial charge on any atom is -0.494 e. The molecule has 0 bridgehead atoms. The summed E-state index contributed by atoms with van der Waals surface area (Å²) in [5.41, 5.74) is 5.96. The number of amides is 3. The van der Waals surface area contributed by atoms with Crippen molar-refractivity contribution < 1.29 is 24.3 Å². The Bertz CT molecular complexity index is 856. The summed E-state index contributed by atoms with van der Waals surface area (Å²) in [6, 6.07) is 14.2. The maximum absolute atomic E-state index is 12.2. The van der Waals surface area contributed by atoms with Gasteiger partial charge >= 0.3 is 6.03 Å². The van der Waals surface area contributed by atoms with Crippen LogP contribution in [0.25, 0.3) is 0 Å². The van der Waals surface area contributed by atoms with Gasteiger partial charge in [0.1, 0.15) is 17.2 Å². The molecule has 0 radical (unpaired) electrons. The second-order valence-electron chi connectivity index (χ2n) is 6.78. The van der Waals surface area contributed by atoms with Gasteiger partial charge in [0.15, 0.2) is 0 Å². The third-order valence-electron chi connectivity index (χ3n) is 4.66. The van der Waals surface area contributed by atoms with Gasteiger partial charge in [-0.05, 0) is 61.2 Å². The first kappa shape index (κ1) is 20.5. The number of rotatable bonds is 9. The van der Waals surface area contributed by atoms with Crippen LogP contribution >= 0.6 is 0 Å². The number of ether oxygens (including phenoxy) is 2. The van der Waals surface area contributed by atoms with Gasteiger partial charge in [-0.15, -0.1) is 0 Å². The highest BCUT2D eigenvalue weighted by atomic mass is 16.5. The molecule has 0 heterocycles. The van der Waals surface area contributed by atoms with E-state index in [2.05, 4.69) is 5.32 Å². The summed E-state index contributed by atoms with van der Waals surface area (Å²) < 4.78 is 11.3. The number of nitrogens with zero attached hydrogens (tertiary/aromatic N) is 1. The molecule has 2 aromatic carbocycles. The largest absolute Gasteiger partial charge is 0.494 e. The van der Waals surface area contributed by atoms with Crippen molar-refractivity contribution in [3.8, 4) is 17.2 Å². The number of primary amides is 1. The summed E-state index contributed by atoms with van der Waals surface area (Å²) in [5, 5.41) is 12.3. The second-order valence-corrected chi connectivity index (χ2v) is 6.78. The van der Waals surface area contributed by atoms with Gasteiger partial charge < -0.3 is 20.5 Å². The number of nitrogens with two attached hydrogens (primary N) is 1. The Balaban J connectivity index is 1.52. The summed E-state index contributed by atoms with van der Waals surface area (Å²) in [6.07, 6.45) is 0.747. The molecule has 1 saturated carbocycles. The van der Waals surface area contributed by atoms with Gasteiger partial charge in [-0.25, -0.2) is 9.86 Å². The number of benzene rings is 2. The molecule has 154 valence electrons. The van der Waals surface area contributed by atoms with E-state index in [0.29, 0.717) is 23.2 Å². The molecule has 29 heavy (non-hydrogen) atoms. The van der Waals surface area contributed by atoms with E-state index in [1.165, 1.54) is 0 Å². The maximum atomic E-state index is 12.2. The molecule has 2 unspecified atom stereocenters. The molecule has 0 aromatic heterocycles. The average molecular weight is 399 g/mol. The minimum absolute atomic E-state index is 0.0517. The Hall–Kier alpha value is -3.26. The Kier molecular flexibility index (Phi) is 6.56. The van der Waals surface area contributed by atoms with E-state index in [1.54, 1.807) is 0 Å². The van der Waals surface area contributed by atoms with Crippen molar-refractivity contribution in [1.82, 2.24) is 10.4 Å². The maximum Gasteiger partial charge on any atom is 0.338 e. The fourth-order valence-electron chi connectivity index (χ4n) is 3.09. The minimum atomic E-state index is -0.951. The zero-order valence-corrected chi connectivity index (χ0v) is 16.2. The highest BCUT2D eigenvalue weighted by Crippen LogP contribution is 2.48. The van der Waals surface area contributed by atoms with E-state index in [1.807, 2.05) is 55.5 Å². The van der Waals surface area contributed by atoms with E-state index >= 15 is 0 Å². The van der Waals surface area contributed by atoms with Crippen molar-refractivity contribution in [3.63, 3.8) is 0 Å². The predicted octanol–water partition coefficient (Wildman–Crippen LogP) is 2.87. The third kappa shape index (κ3) is 5.61. The number of nitrogens with one attached hydrogen (secondary N) is 1. The summed E-state index contributed by atoms with van der Waals surface area (Å²) in [7, 11) is 0. The molecule has 2 aromatic rings. The van der Waals surface area contributed by atoms with Crippen LogP contribution in [-0.4, -0.2) is 41.9 Å². The normalized spacial score (nSPS) is 17.3. The van der Waals surface area contributed by atoms with Crippen molar-refractivity contribution in [3.05, 3.63) is 54.1 Å². The molecule has 0 aliphatic heterocycles. The molecule has 3 rings (SSSR count). The van der Waals surface area contributed by atoms with Crippen molar-refractivity contribution in [2.24, 2.45) is 11.7 Å². The molecule has 1 fully saturated rings. The Morgan fingerprint density at radius 3 is 2.59 bits per heavy atom. The summed E-state index contributed by atoms with van der Waals surface area (Å²) in [4.78, 5) is 23.0. The van der Waals surface area contributed by atoms with Crippen LogP contribution in [0.3, 0.4) is 0 Å². The fourth-order valence-corrected chi connectivity index (χ4v) is 3.09. The Labute approximate surface area is 169 Å². The highest BCUT2D eigenvalue weighted by molar-refractivity contribution is 5.83.